The molecule has 1 aromatic heterocycles. The molecule has 0 saturated carbocycles. The molecule has 1 aliphatic heterocycles. The summed E-state index contributed by atoms with van der Waals surface area (Å²) in [6.07, 6.45) is 3.42. The molecule has 1 atom stereocenters. The van der Waals surface area contributed by atoms with Gasteiger partial charge in [-0.15, -0.1) is 11.3 Å². The van der Waals surface area contributed by atoms with Gasteiger partial charge in [-0.2, -0.15) is 0 Å². The number of benzene rings is 1. The summed E-state index contributed by atoms with van der Waals surface area (Å²) in [7, 11) is 0. The Hall–Kier alpha value is -1.53. The number of amidine groups is 1. The number of rotatable bonds is 3. The van der Waals surface area contributed by atoms with E-state index in [-0.39, 0.29) is 16.9 Å². The lowest BCUT2D eigenvalue weighted by Gasteiger charge is -2.15. The van der Waals surface area contributed by atoms with Crippen LogP contribution in [-0.4, -0.2) is 23.0 Å². The molecule has 1 N–H and O–H groups in total. The van der Waals surface area contributed by atoms with Gasteiger partial charge < -0.3 is 5.32 Å². The Kier molecular flexibility index (Phi) is 3.67. The minimum Gasteiger partial charge on any atom is -0.347 e. The van der Waals surface area contributed by atoms with E-state index >= 15 is 0 Å². The largest absolute Gasteiger partial charge is 0.347 e. The molecule has 0 saturated heterocycles. The summed E-state index contributed by atoms with van der Waals surface area (Å²) < 4.78 is 14.3. The number of nitrogens with zero attached hydrogens (tertiary/aromatic N) is 1. The second-order valence-electron chi connectivity index (χ2n) is 4.29. The first-order valence-electron chi connectivity index (χ1n) is 5.96. The van der Waals surface area contributed by atoms with Crippen molar-refractivity contribution in [1.29, 1.82) is 0 Å². The molecule has 3 nitrogen and oxygen atoms in total. The molecule has 2 heterocycles. The van der Waals surface area contributed by atoms with Crippen molar-refractivity contribution in [2.24, 2.45) is 4.99 Å². The van der Waals surface area contributed by atoms with Crippen LogP contribution in [0.15, 0.2) is 40.8 Å². The van der Waals surface area contributed by atoms with Crippen LogP contribution in [0.4, 0.5) is 4.39 Å². The molecule has 1 unspecified atom stereocenters. The zero-order chi connectivity index (χ0) is 14.1. The molecule has 0 fully saturated rings. The second kappa shape index (κ2) is 5.46. The van der Waals surface area contributed by atoms with Crippen LogP contribution in [0, 0.1) is 5.82 Å². The molecule has 2 aromatic rings. The molecule has 0 bridgehead atoms. The molecule has 1 aromatic carbocycles. The molecule has 0 radical (unpaired) electrons. The molecule has 0 amide bonds. The van der Waals surface area contributed by atoms with Crippen LogP contribution in [0.25, 0.3) is 10.1 Å². The summed E-state index contributed by atoms with van der Waals surface area (Å²) in [5.41, 5.74) is 0.821. The maximum atomic E-state index is 13.7. The van der Waals surface area contributed by atoms with Gasteiger partial charge >= 0.3 is 0 Å². The van der Waals surface area contributed by atoms with E-state index in [9.17, 15) is 9.18 Å². The van der Waals surface area contributed by atoms with Gasteiger partial charge in [-0.3, -0.25) is 9.79 Å². The molecular weight excluding hydrogens is 343 g/mol. The number of fused-ring (bicyclic) bond motifs is 1. The zero-order valence-electron chi connectivity index (χ0n) is 10.3. The first kappa shape index (κ1) is 13.5. The van der Waals surface area contributed by atoms with E-state index in [1.807, 2.05) is 11.4 Å². The van der Waals surface area contributed by atoms with Crippen LogP contribution in [-0.2, 0) is 4.79 Å². The second-order valence-corrected chi connectivity index (χ2v) is 5.73. The van der Waals surface area contributed by atoms with E-state index in [1.165, 1.54) is 17.4 Å². The number of nitrogens with one attached hydrogen (secondary N) is 1. The summed E-state index contributed by atoms with van der Waals surface area (Å²) in [6, 6.07) is 4.48. The number of ketones is 1. The van der Waals surface area contributed by atoms with E-state index in [4.69, 9.17) is 0 Å². The molecule has 0 aliphatic carbocycles. The summed E-state index contributed by atoms with van der Waals surface area (Å²) in [5, 5.41) is 5.95. The first-order valence-corrected chi connectivity index (χ1v) is 7.96. The molecule has 102 valence electrons. The predicted molar refractivity (Wildman–Crippen MR) is 83.2 cm³/mol. The minimum atomic E-state index is -0.492. The zero-order valence-corrected chi connectivity index (χ0v) is 12.7. The Labute approximate surface area is 127 Å². The van der Waals surface area contributed by atoms with Gasteiger partial charge in [0.1, 0.15) is 17.7 Å². The van der Waals surface area contributed by atoms with E-state index in [0.29, 0.717) is 10.5 Å². The standard InChI is InChI=1S/C14H10BrFN2OS/c15-6-12(19)11-4-5-17-14(18-11)9-7-20-13-8(9)2-1-3-10(13)16/h1-5,7,11H,6H2,(H,17,18). The quantitative estimate of drug-likeness (QED) is 0.861. The fourth-order valence-corrected chi connectivity index (χ4v) is 3.34. The fourth-order valence-electron chi connectivity index (χ4n) is 2.05. The fraction of sp³-hybridized carbons (Fsp3) is 0.143. The van der Waals surface area contributed by atoms with Gasteiger partial charge in [0.25, 0.3) is 0 Å². The van der Waals surface area contributed by atoms with Crippen LogP contribution in [0.5, 0.6) is 0 Å². The maximum absolute atomic E-state index is 13.7. The summed E-state index contributed by atoms with van der Waals surface area (Å²) in [5.74, 6) is 0.355. The van der Waals surface area contributed by atoms with Gasteiger partial charge in [0.05, 0.1) is 10.0 Å². The van der Waals surface area contributed by atoms with Crippen LogP contribution >= 0.6 is 27.3 Å². The van der Waals surface area contributed by atoms with Gasteiger partial charge in [0, 0.05) is 22.5 Å². The molecule has 1 aliphatic rings. The van der Waals surface area contributed by atoms with Crippen molar-refractivity contribution in [3.05, 3.63) is 47.2 Å². The van der Waals surface area contributed by atoms with Crippen LogP contribution < -0.4 is 5.32 Å². The van der Waals surface area contributed by atoms with E-state index < -0.39 is 6.04 Å². The monoisotopic (exact) mass is 352 g/mol. The van der Waals surface area contributed by atoms with Gasteiger partial charge in [0.2, 0.25) is 0 Å². The molecule has 20 heavy (non-hydrogen) atoms. The number of halogens is 2. The van der Waals surface area contributed by atoms with Crippen molar-refractivity contribution < 1.29 is 9.18 Å². The summed E-state index contributed by atoms with van der Waals surface area (Å²) >= 11 is 4.48. The molecule has 3 rings (SSSR count). The number of hydrogen-bond donors (Lipinski definition) is 1. The highest BCUT2D eigenvalue weighted by atomic mass is 79.9. The van der Waals surface area contributed by atoms with E-state index in [0.717, 1.165) is 10.9 Å². The van der Waals surface area contributed by atoms with Gasteiger partial charge in [0.15, 0.2) is 5.78 Å². The van der Waals surface area contributed by atoms with Gasteiger partial charge in [-0.1, -0.05) is 28.1 Å². The third kappa shape index (κ3) is 2.29. The van der Waals surface area contributed by atoms with Crippen molar-refractivity contribution in [3.63, 3.8) is 0 Å². The molecular formula is C14H10BrFN2OS. The van der Waals surface area contributed by atoms with Crippen molar-refractivity contribution >= 4 is 49.0 Å². The molecule has 6 heteroatoms. The van der Waals surface area contributed by atoms with Crippen LogP contribution in [0.1, 0.15) is 5.56 Å². The summed E-state index contributed by atoms with van der Waals surface area (Å²) in [4.78, 5) is 16.1. The lowest BCUT2D eigenvalue weighted by molar-refractivity contribution is -0.116. The Morgan fingerprint density at radius 1 is 1.50 bits per heavy atom. The number of carbonyl (C=O) groups excluding carboxylic acids is 1. The Morgan fingerprint density at radius 2 is 2.35 bits per heavy atom. The lowest BCUT2D eigenvalue weighted by atomic mass is 10.1. The lowest BCUT2D eigenvalue weighted by Crippen LogP contribution is -2.29. The average Bonchev–Trinajstić information content (AvgIpc) is 2.92. The summed E-state index contributed by atoms with van der Waals surface area (Å²) in [6.45, 7) is 0. The number of alkyl halides is 1. The Morgan fingerprint density at radius 3 is 3.15 bits per heavy atom. The molecule has 0 spiro atoms. The van der Waals surface area contributed by atoms with Gasteiger partial charge in [-0.25, -0.2) is 4.39 Å². The van der Waals surface area contributed by atoms with Crippen LogP contribution in [0.2, 0.25) is 0 Å². The SMILES string of the molecule is O=C(CBr)C1C=CNC(c2csc3c(F)cccc23)=N1. The average molecular weight is 353 g/mol. The van der Waals surface area contributed by atoms with E-state index in [2.05, 4.69) is 26.2 Å². The highest BCUT2D eigenvalue weighted by Crippen LogP contribution is 2.29. The highest BCUT2D eigenvalue weighted by molar-refractivity contribution is 9.09. The van der Waals surface area contributed by atoms with Crippen molar-refractivity contribution in [2.75, 3.05) is 5.33 Å². The smallest absolute Gasteiger partial charge is 0.171 e. The predicted octanol–water partition coefficient (Wildman–Crippen LogP) is 3.24. The number of hydrogen-bond acceptors (Lipinski definition) is 4. The first-order chi connectivity index (χ1) is 9.70. The van der Waals surface area contributed by atoms with Crippen molar-refractivity contribution in [2.45, 2.75) is 6.04 Å². The highest BCUT2D eigenvalue weighted by Gasteiger charge is 2.19. The van der Waals surface area contributed by atoms with Crippen molar-refractivity contribution in [3.8, 4) is 0 Å². The third-order valence-corrected chi connectivity index (χ3v) is 4.59. The normalized spacial score (nSPS) is 17.9. The van der Waals surface area contributed by atoms with Crippen LogP contribution in [0.3, 0.4) is 0 Å². The van der Waals surface area contributed by atoms with Gasteiger partial charge in [-0.05, 0) is 12.1 Å². The number of carbonyl (C=O) groups is 1. The third-order valence-electron chi connectivity index (χ3n) is 3.04. The topological polar surface area (TPSA) is 41.5 Å². The maximum Gasteiger partial charge on any atom is 0.171 e. The number of thiophene rings is 1. The Bertz CT molecular complexity index is 738. The minimum absolute atomic E-state index is 0.00837. The number of Topliss-reactive ketones (excluding diaryl/α,β-unsaturated/α-hetero) is 1. The Balaban J connectivity index is 2.05. The number of aliphatic imine (C=N–C) groups is 1. The van der Waals surface area contributed by atoms with E-state index in [1.54, 1.807) is 18.3 Å². The van der Waals surface area contributed by atoms with Crippen molar-refractivity contribution in [1.82, 2.24) is 5.32 Å².